The number of alkyl halides is 3. The van der Waals surface area contributed by atoms with Gasteiger partial charge in [-0.2, -0.15) is 17.5 Å². The molecule has 0 spiro atoms. The Morgan fingerprint density at radius 2 is 1.69 bits per heavy atom. The maximum atomic E-state index is 13.4. The van der Waals surface area contributed by atoms with Gasteiger partial charge in [0.2, 0.25) is 5.95 Å². The van der Waals surface area contributed by atoms with Crippen molar-refractivity contribution >= 4 is 16.0 Å². The van der Waals surface area contributed by atoms with E-state index in [2.05, 4.69) is 25.3 Å². The van der Waals surface area contributed by atoms with Gasteiger partial charge < -0.3 is 14.5 Å². The van der Waals surface area contributed by atoms with Crippen LogP contribution in [0.15, 0.2) is 36.3 Å². The summed E-state index contributed by atoms with van der Waals surface area (Å²) in [5.41, 5.74) is -1.20. The second-order valence-electron chi connectivity index (χ2n) is 7.58. The van der Waals surface area contributed by atoms with Gasteiger partial charge in [-0.25, -0.2) is 28.4 Å². The van der Waals surface area contributed by atoms with Crippen molar-refractivity contribution in [2.24, 2.45) is 14.1 Å². The number of halogens is 3. The third kappa shape index (κ3) is 4.46. The van der Waals surface area contributed by atoms with E-state index >= 15 is 0 Å². The predicted molar refractivity (Wildman–Crippen MR) is 108 cm³/mol. The van der Waals surface area contributed by atoms with Gasteiger partial charge in [-0.05, 0) is 12.8 Å². The van der Waals surface area contributed by atoms with Crippen LogP contribution >= 0.6 is 0 Å². The molecule has 3 aromatic rings. The van der Waals surface area contributed by atoms with Gasteiger partial charge >= 0.3 is 6.18 Å². The van der Waals surface area contributed by atoms with Crippen LogP contribution in [0.2, 0.25) is 0 Å². The lowest BCUT2D eigenvalue weighted by atomic mass is 10.1. The van der Waals surface area contributed by atoms with Crippen LogP contribution in [0.25, 0.3) is 11.4 Å². The molecule has 0 aliphatic carbocycles. The normalized spacial score (nSPS) is 16.4. The van der Waals surface area contributed by atoms with Gasteiger partial charge in [0, 0.05) is 51.8 Å². The Balaban J connectivity index is 1.48. The van der Waals surface area contributed by atoms with Crippen LogP contribution in [-0.4, -0.2) is 60.9 Å². The highest BCUT2D eigenvalue weighted by Crippen LogP contribution is 2.35. The summed E-state index contributed by atoms with van der Waals surface area (Å²) in [7, 11) is -0.357. The second kappa shape index (κ2) is 8.16. The number of rotatable bonds is 5. The second-order valence-corrected chi connectivity index (χ2v) is 9.46. The maximum Gasteiger partial charge on any atom is 0.420 e. The average molecular weight is 470 g/mol. The Bertz CT molecular complexity index is 1210. The number of aromatic nitrogens is 6. The molecule has 0 atom stereocenters. The topological polar surface area (TPSA) is 111 Å². The molecule has 1 saturated heterocycles. The van der Waals surface area contributed by atoms with E-state index < -0.39 is 21.8 Å². The fourth-order valence-corrected chi connectivity index (χ4v) is 4.90. The van der Waals surface area contributed by atoms with Crippen LogP contribution < -0.4 is 5.32 Å². The third-order valence-electron chi connectivity index (χ3n) is 5.11. The van der Waals surface area contributed by atoms with Crippen LogP contribution in [0.4, 0.5) is 19.1 Å². The number of imidazole rings is 2. The Morgan fingerprint density at radius 3 is 2.25 bits per heavy atom. The van der Waals surface area contributed by atoms with Crippen LogP contribution in [0.5, 0.6) is 0 Å². The number of aryl methyl sites for hydroxylation is 2. The lowest BCUT2D eigenvalue weighted by Gasteiger charge is -2.31. The van der Waals surface area contributed by atoms with Crippen molar-refractivity contribution in [1.82, 2.24) is 33.4 Å². The summed E-state index contributed by atoms with van der Waals surface area (Å²) in [6.45, 7) is 0.481. The molecule has 1 fully saturated rings. The molecule has 172 valence electrons. The summed E-state index contributed by atoms with van der Waals surface area (Å²) in [4.78, 5) is 15.8. The smallest absolute Gasteiger partial charge is 0.351 e. The molecular weight excluding hydrogens is 449 g/mol. The fraction of sp³-hybridized carbons (Fsp3) is 0.444. The minimum atomic E-state index is -4.63. The molecular formula is C18H21F3N8O2S. The van der Waals surface area contributed by atoms with E-state index in [1.165, 1.54) is 33.9 Å². The molecule has 0 bridgehead atoms. The fourth-order valence-electron chi connectivity index (χ4n) is 3.47. The predicted octanol–water partition coefficient (Wildman–Crippen LogP) is 1.89. The van der Waals surface area contributed by atoms with Gasteiger partial charge in [-0.1, -0.05) is 0 Å². The third-order valence-corrected chi connectivity index (χ3v) is 6.90. The molecule has 0 radical (unpaired) electrons. The Labute approximate surface area is 182 Å². The number of sulfonamides is 1. The van der Waals surface area contributed by atoms with Gasteiger partial charge in [0.1, 0.15) is 17.0 Å². The highest BCUT2D eigenvalue weighted by molar-refractivity contribution is 7.89. The highest BCUT2D eigenvalue weighted by atomic mass is 32.2. The summed E-state index contributed by atoms with van der Waals surface area (Å²) in [5, 5.41) is 3.01. The zero-order valence-corrected chi connectivity index (χ0v) is 18.1. The molecule has 3 aromatic heterocycles. The van der Waals surface area contributed by atoms with Crippen LogP contribution in [0.1, 0.15) is 18.4 Å². The number of piperidine rings is 1. The van der Waals surface area contributed by atoms with Gasteiger partial charge in [-0.15, -0.1) is 0 Å². The molecule has 10 nitrogen and oxygen atoms in total. The molecule has 32 heavy (non-hydrogen) atoms. The van der Waals surface area contributed by atoms with E-state index in [0.29, 0.717) is 12.8 Å². The van der Waals surface area contributed by atoms with Crippen molar-refractivity contribution in [3.63, 3.8) is 0 Å². The monoisotopic (exact) mass is 470 g/mol. The highest BCUT2D eigenvalue weighted by Gasteiger charge is 2.36. The van der Waals surface area contributed by atoms with Crippen molar-refractivity contribution < 1.29 is 21.6 Å². The first-order valence-corrected chi connectivity index (χ1v) is 11.2. The zero-order valence-electron chi connectivity index (χ0n) is 17.3. The average Bonchev–Trinajstić information content (AvgIpc) is 3.36. The Kier molecular flexibility index (Phi) is 5.67. The molecule has 4 rings (SSSR count). The van der Waals surface area contributed by atoms with E-state index in [0.717, 1.165) is 6.20 Å². The van der Waals surface area contributed by atoms with Crippen molar-refractivity contribution in [1.29, 1.82) is 0 Å². The van der Waals surface area contributed by atoms with Gasteiger partial charge in [0.15, 0.2) is 5.03 Å². The lowest BCUT2D eigenvalue weighted by molar-refractivity contribution is -0.137. The lowest BCUT2D eigenvalue weighted by Crippen LogP contribution is -2.42. The minimum absolute atomic E-state index is 0.0162. The van der Waals surface area contributed by atoms with E-state index in [-0.39, 0.29) is 41.5 Å². The molecule has 14 heteroatoms. The molecule has 1 N–H and O–H groups in total. The van der Waals surface area contributed by atoms with Crippen molar-refractivity contribution in [3.8, 4) is 11.4 Å². The quantitative estimate of drug-likeness (QED) is 0.606. The Morgan fingerprint density at radius 1 is 1.03 bits per heavy atom. The zero-order chi connectivity index (χ0) is 23.1. The van der Waals surface area contributed by atoms with Gasteiger partial charge in [0.25, 0.3) is 10.0 Å². The standard InChI is InChI=1S/C18H21F3N8O2S/c1-27-8-14(23-10-27)16-13(18(19,20)21)7-22-17(26-16)25-12-3-5-29(6-4-12)32(30,31)15-9-28(2)11-24-15/h7-12H,3-6H2,1-2H3,(H,22,25,26). The summed E-state index contributed by atoms with van der Waals surface area (Å²) in [5.74, 6) is 0.0321. The summed E-state index contributed by atoms with van der Waals surface area (Å²) < 4.78 is 70.1. The summed E-state index contributed by atoms with van der Waals surface area (Å²) in [6.07, 6.45) is 2.68. The van der Waals surface area contributed by atoms with E-state index in [1.54, 1.807) is 18.7 Å². The first kappa shape index (κ1) is 22.2. The van der Waals surface area contributed by atoms with Gasteiger partial charge in [-0.3, -0.25) is 0 Å². The molecule has 0 unspecified atom stereocenters. The number of anilines is 1. The molecule has 0 saturated carbocycles. The number of hydrogen-bond acceptors (Lipinski definition) is 7. The van der Waals surface area contributed by atoms with E-state index in [1.807, 2.05) is 0 Å². The first-order chi connectivity index (χ1) is 15.0. The largest absolute Gasteiger partial charge is 0.420 e. The molecule has 0 aromatic carbocycles. The molecule has 1 aliphatic heterocycles. The van der Waals surface area contributed by atoms with Crippen molar-refractivity contribution in [2.75, 3.05) is 18.4 Å². The number of nitrogens with zero attached hydrogens (tertiary/aromatic N) is 7. The summed E-state index contributed by atoms with van der Waals surface area (Å²) in [6, 6.07) is -0.196. The van der Waals surface area contributed by atoms with E-state index in [4.69, 9.17) is 0 Å². The molecule has 1 aliphatic rings. The SMILES string of the molecule is Cn1cnc(-c2nc(NC3CCN(S(=O)(=O)c4cn(C)cn4)CC3)ncc2C(F)(F)F)c1. The van der Waals surface area contributed by atoms with Gasteiger partial charge in [0.05, 0.1) is 12.7 Å². The van der Waals surface area contributed by atoms with E-state index in [9.17, 15) is 21.6 Å². The van der Waals surface area contributed by atoms with Crippen molar-refractivity contribution in [2.45, 2.75) is 30.1 Å². The number of nitrogens with one attached hydrogen (secondary N) is 1. The number of hydrogen-bond donors (Lipinski definition) is 1. The maximum absolute atomic E-state index is 13.4. The molecule has 4 heterocycles. The Hall–Kier alpha value is -3.00. The minimum Gasteiger partial charge on any atom is -0.351 e. The van der Waals surface area contributed by atoms with Crippen LogP contribution in [0.3, 0.4) is 0 Å². The van der Waals surface area contributed by atoms with Crippen LogP contribution in [0, 0.1) is 0 Å². The van der Waals surface area contributed by atoms with Crippen molar-refractivity contribution in [3.05, 3.63) is 36.8 Å². The first-order valence-electron chi connectivity index (χ1n) is 9.71. The van der Waals surface area contributed by atoms with Crippen LogP contribution in [-0.2, 0) is 30.3 Å². The molecule has 0 amide bonds. The summed E-state index contributed by atoms with van der Waals surface area (Å²) >= 11 is 0.